The molecule has 4 nitrogen and oxygen atoms in total. The van der Waals surface area contributed by atoms with Crippen molar-refractivity contribution in [2.24, 2.45) is 0 Å². The van der Waals surface area contributed by atoms with Gasteiger partial charge in [0, 0.05) is 11.3 Å². The number of Topliss-reactive ketones (excluding diaryl/α,β-unsaturated/α-hetero) is 1. The van der Waals surface area contributed by atoms with Gasteiger partial charge in [0.05, 0.1) is 6.04 Å². The molecule has 1 N–H and O–H groups in total. The van der Waals surface area contributed by atoms with Crippen LogP contribution in [0.5, 0.6) is 0 Å². The van der Waals surface area contributed by atoms with Gasteiger partial charge in [-0.3, -0.25) is 14.5 Å². The van der Waals surface area contributed by atoms with Crippen molar-refractivity contribution in [2.45, 2.75) is 39.2 Å². The lowest BCUT2D eigenvalue weighted by atomic mass is 10.1. The number of likely N-dealkylation sites (tertiary alicyclic amines) is 1. The highest BCUT2D eigenvalue weighted by molar-refractivity contribution is 5.96. The predicted molar refractivity (Wildman–Crippen MR) is 80.0 cm³/mol. The van der Waals surface area contributed by atoms with Gasteiger partial charge in [-0.1, -0.05) is 6.42 Å². The predicted octanol–water partition coefficient (Wildman–Crippen LogP) is 2.70. The lowest BCUT2D eigenvalue weighted by molar-refractivity contribution is -0.121. The van der Waals surface area contributed by atoms with Gasteiger partial charge in [-0.25, -0.2) is 0 Å². The highest BCUT2D eigenvalue weighted by Gasteiger charge is 2.22. The van der Waals surface area contributed by atoms with Crippen LogP contribution in [0, 0.1) is 0 Å². The molecule has 1 aromatic rings. The molecule has 1 saturated heterocycles. The number of amides is 1. The third-order valence-electron chi connectivity index (χ3n) is 3.88. The summed E-state index contributed by atoms with van der Waals surface area (Å²) in [7, 11) is 0. The van der Waals surface area contributed by atoms with Crippen molar-refractivity contribution >= 4 is 17.4 Å². The maximum absolute atomic E-state index is 12.2. The Morgan fingerprint density at radius 2 is 1.70 bits per heavy atom. The minimum Gasteiger partial charge on any atom is -0.325 e. The average molecular weight is 274 g/mol. The first kappa shape index (κ1) is 14.7. The van der Waals surface area contributed by atoms with Crippen LogP contribution in [0.4, 0.5) is 5.69 Å². The van der Waals surface area contributed by atoms with Crippen molar-refractivity contribution in [3.8, 4) is 0 Å². The van der Waals surface area contributed by atoms with E-state index in [1.54, 1.807) is 24.3 Å². The molecular weight excluding hydrogens is 252 g/mol. The van der Waals surface area contributed by atoms with Crippen molar-refractivity contribution in [1.82, 2.24) is 4.90 Å². The maximum atomic E-state index is 12.2. The Morgan fingerprint density at radius 1 is 1.10 bits per heavy atom. The molecule has 0 aliphatic carbocycles. The molecule has 1 amide bonds. The molecular formula is C16H22N2O2. The lowest BCUT2D eigenvalue weighted by Gasteiger charge is -2.31. The number of nitrogens with one attached hydrogen (secondary N) is 1. The highest BCUT2D eigenvalue weighted by Crippen LogP contribution is 2.15. The molecule has 0 saturated carbocycles. The Bertz CT molecular complexity index is 476. The van der Waals surface area contributed by atoms with E-state index in [1.165, 1.54) is 26.2 Å². The van der Waals surface area contributed by atoms with Crippen LogP contribution in [0.15, 0.2) is 24.3 Å². The molecule has 4 heteroatoms. The molecule has 1 aliphatic rings. The first-order chi connectivity index (χ1) is 9.58. The van der Waals surface area contributed by atoms with Gasteiger partial charge in [-0.05, 0) is 64.0 Å². The highest BCUT2D eigenvalue weighted by atomic mass is 16.2. The quantitative estimate of drug-likeness (QED) is 0.859. The topological polar surface area (TPSA) is 49.4 Å². The van der Waals surface area contributed by atoms with E-state index in [0.717, 1.165) is 18.8 Å². The molecule has 1 aliphatic heterocycles. The molecule has 0 aromatic heterocycles. The van der Waals surface area contributed by atoms with E-state index in [-0.39, 0.29) is 17.7 Å². The van der Waals surface area contributed by atoms with Gasteiger partial charge in [0.15, 0.2) is 5.78 Å². The Labute approximate surface area is 120 Å². The molecule has 108 valence electrons. The number of hydrogen-bond donors (Lipinski definition) is 1. The second kappa shape index (κ2) is 6.66. The largest absolute Gasteiger partial charge is 0.325 e. The summed E-state index contributed by atoms with van der Waals surface area (Å²) in [5.74, 6) is 0.0482. The zero-order valence-corrected chi connectivity index (χ0v) is 12.2. The van der Waals surface area contributed by atoms with Crippen LogP contribution >= 0.6 is 0 Å². The fraction of sp³-hybridized carbons (Fsp3) is 0.500. The van der Waals surface area contributed by atoms with Crippen LogP contribution in [-0.4, -0.2) is 35.7 Å². The smallest absolute Gasteiger partial charge is 0.241 e. The van der Waals surface area contributed by atoms with Gasteiger partial charge in [0.1, 0.15) is 0 Å². The first-order valence-corrected chi connectivity index (χ1v) is 7.24. The second-order valence-corrected chi connectivity index (χ2v) is 5.40. The molecule has 0 radical (unpaired) electrons. The number of nitrogens with zero attached hydrogens (tertiary/aromatic N) is 1. The molecule has 0 bridgehead atoms. The Morgan fingerprint density at radius 3 is 2.25 bits per heavy atom. The molecule has 1 aromatic carbocycles. The van der Waals surface area contributed by atoms with Gasteiger partial charge in [-0.15, -0.1) is 0 Å². The number of piperidine rings is 1. The average Bonchev–Trinajstić information content (AvgIpc) is 2.48. The fourth-order valence-electron chi connectivity index (χ4n) is 2.51. The SMILES string of the molecule is CC(=O)c1ccc(NC(=O)C(C)N2CCCCC2)cc1. The Hall–Kier alpha value is -1.68. The van der Waals surface area contributed by atoms with Gasteiger partial charge in [0.2, 0.25) is 5.91 Å². The maximum Gasteiger partial charge on any atom is 0.241 e. The normalized spacial score (nSPS) is 17.5. The van der Waals surface area contributed by atoms with Crippen molar-refractivity contribution in [1.29, 1.82) is 0 Å². The third-order valence-corrected chi connectivity index (χ3v) is 3.88. The summed E-state index contributed by atoms with van der Waals surface area (Å²) >= 11 is 0. The summed E-state index contributed by atoms with van der Waals surface area (Å²) < 4.78 is 0. The summed E-state index contributed by atoms with van der Waals surface area (Å²) in [6.45, 7) is 5.48. The number of ketones is 1. The monoisotopic (exact) mass is 274 g/mol. The molecule has 1 atom stereocenters. The summed E-state index contributed by atoms with van der Waals surface area (Å²) in [4.78, 5) is 25.6. The number of hydrogen-bond acceptors (Lipinski definition) is 3. The summed E-state index contributed by atoms with van der Waals surface area (Å²) in [6.07, 6.45) is 3.60. The number of anilines is 1. The van der Waals surface area contributed by atoms with E-state index in [2.05, 4.69) is 10.2 Å². The van der Waals surface area contributed by atoms with Crippen LogP contribution in [0.3, 0.4) is 0 Å². The van der Waals surface area contributed by atoms with Crippen LogP contribution in [0.1, 0.15) is 43.5 Å². The van der Waals surface area contributed by atoms with Crippen LogP contribution in [0.25, 0.3) is 0 Å². The summed E-state index contributed by atoms with van der Waals surface area (Å²) in [6, 6.07) is 6.92. The number of carbonyl (C=O) groups is 2. The van der Waals surface area contributed by atoms with Gasteiger partial charge in [0.25, 0.3) is 0 Å². The molecule has 1 unspecified atom stereocenters. The Kier molecular flexibility index (Phi) is 4.90. The van der Waals surface area contributed by atoms with E-state index >= 15 is 0 Å². The number of benzene rings is 1. The molecule has 0 spiro atoms. The van der Waals surface area contributed by atoms with Crippen molar-refractivity contribution < 1.29 is 9.59 Å². The van der Waals surface area contributed by atoms with E-state index in [0.29, 0.717) is 5.56 Å². The molecule has 1 fully saturated rings. The van der Waals surface area contributed by atoms with Crippen molar-refractivity contribution in [3.05, 3.63) is 29.8 Å². The second-order valence-electron chi connectivity index (χ2n) is 5.40. The van der Waals surface area contributed by atoms with Gasteiger partial charge < -0.3 is 5.32 Å². The van der Waals surface area contributed by atoms with Crippen LogP contribution in [-0.2, 0) is 4.79 Å². The Balaban J connectivity index is 1.94. The van der Waals surface area contributed by atoms with Crippen LogP contribution in [0.2, 0.25) is 0 Å². The zero-order valence-electron chi connectivity index (χ0n) is 12.2. The first-order valence-electron chi connectivity index (χ1n) is 7.24. The number of carbonyl (C=O) groups excluding carboxylic acids is 2. The van der Waals surface area contributed by atoms with E-state index < -0.39 is 0 Å². The van der Waals surface area contributed by atoms with Gasteiger partial charge >= 0.3 is 0 Å². The van der Waals surface area contributed by atoms with Gasteiger partial charge in [-0.2, -0.15) is 0 Å². The molecule has 20 heavy (non-hydrogen) atoms. The van der Waals surface area contributed by atoms with E-state index in [9.17, 15) is 9.59 Å². The minimum atomic E-state index is -0.109. The lowest BCUT2D eigenvalue weighted by Crippen LogP contribution is -2.44. The molecule has 1 heterocycles. The van der Waals surface area contributed by atoms with Crippen molar-refractivity contribution in [2.75, 3.05) is 18.4 Å². The minimum absolute atomic E-state index is 0.0162. The fourth-order valence-corrected chi connectivity index (χ4v) is 2.51. The zero-order chi connectivity index (χ0) is 14.5. The summed E-state index contributed by atoms with van der Waals surface area (Å²) in [5.41, 5.74) is 1.40. The van der Waals surface area contributed by atoms with Crippen molar-refractivity contribution in [3.63, 3.8) is 0 Å². The summed E-state index contributed by atoms with van der Waals surface area (Å²) in [5, 5.41) is 2.91. The molecule has 2 rings (SSSR count). The van der Waals surface area contributed by atoms with E-state index in [4.69, 9.17) is 0 Å². The number of rotatable bonds is 4. The standard InChI is InChI=1S/C16H22N2O2/c1-12(18-10-4-3-5-11-18)16(20)17-15-8-6-14(7-9-15)13(2)19/h6-9,12H,3-5,10-11H2,1-2H3,(H,17,20). The van der Waals surface area contributed by atoms with E-state index in [1.807, 2.05) is 6.92 Å². The van der Waals surface area contributed by atoms with Crippen LogP contribution < -0.4 is 5.32 Å². The third kappa shape index (κ3) is 3.67.